The molecule has 0 radical (unpaired) electrons. The molecule has 0 rings (SSSR count). The minimum absolute atomic E-state index is 0.0110. The van der Waals surface area contributed by atoms with E-state index in [9.17, 15) is 13.8 Å². The van der Waals surface area contributed by atoms with Gasteiger partial charge >= 0.3 is 11.9 Å². The van der Waals surface area contributed by atoms with Gasteiger partial charge in [0.05, 0.1) is 12.5 Å². The molecule has 6 nitrogen and oxygen atoms in total. The van der Waals surface area contributed by atoms with E-state index in [1.54, 1.807) is 13.8 Å². The van der Waals surface area contributed by atoms with Gasteiger partial charge in [-0.25, -0.2) is 8.57 Å². The van der Waals surface area contributed by atoms with Gasteiger partial charge in [-0.05, 0) is 6.42 Å². The Kier molecular flexibility index (Phi) is 6.79. The first-order valence-electron chi connectivity index (χ1n) is 5.47. The van der Waals surface area contributed by atoms with Crippen molar-refractivity contribution in [2.75, 3.05) is 18.1 Å². The van der Waals surface area contributed by atoms with Crippen molar-refractivity contribution in [3.05, 3.63) is 0 Å². The maximum absolute atomic E-state index is 11.9. The van der Waals surface area contributed by atoms with Crippen LogP contribution in [0.1, 0.15) is 26.7 Å². The fourth-order valence-electron chi connectivity index (χ4n) is 1.20. The maximum Gasteiger partial charge on any atom is 0.308 e. The van der Waals surface area contributed by atoms with Crippen LogP contribution in [0.2, 0.25) is 0 Å². The fraction of sp³-hybridized carbons (Fsp3) is 0.800. The smallest absolute Gasteiger partial charge is 0.308 e. The number of hydrogen-bond donors (Lipinski definition) is 2. The lowest BCUT2D eigenvalue weighted by Gasteiger charge is -2.10. The van der Waals surface area contributed by atoms with Crippen molar-refractivity contribution in [2.45, 2.75) is 26.7 Å². The Morgan fingerprint density at radius 1 is 1.24 bits per heavy atom. The topological polar surface area (TPSA) is 104 Å². The molecule has 0 amide bonds. The molecular formula is C10H19NO5S. The molecule has 0 fully saturated rings. The molecule has 0 heterocycles. The molecule has 0 aromatic carbocycles. The number of carbonyl (C=O) groups is 2. The molecule has 0 bridgehead atoms. The van der Waals surface area contributed by atoms with Crippen LogP contribution in [0.5, 0.6) is 0 Å². The predicted molar refractivity (Wildman–Crippen MR) is 64.5 cm³/mol. The molecule has 1 unspecified atom stereocenters. The van der Waals surface area contributed by atoms with Crippen molar-refractivity contribution in [1.82, 2.24) is 0 Å². The first kappa shape index (κ1) is 15.9. The average molecular weight is 265 g/mol. The number of nitrogens with zero attached hydrogens (tertiary/aromatic N) is 1. The van der Waals surface area contributed by atoms with Crippen LogP contribution >= 0.6 is 0 Å². The van der Waals surface area contributed by atoms with Crippen LogP contribution in [0.25, 0.3) is 0 Å². The van der Waals surface area contributed by atoms with Crippen LogP contribution in [0.15, 0.2) is 4.36 Å². The van der Waals surface area contributed by atoms with Gasteiger partial charge in [-0.3, -0.25) is 9.59 Å². The summed E-state index contributed by atoms with van der Waals surface area (Å²) in [6.07, 6.45) is -0.205. The first-order valence-corrected chi connectivity index (χ1v) is 7.32. The molecule has 17 heavy (non-hydrogen) atoms. The summed E-state index contributed by atoms with van der Waals surface area (Å²) in [5.41, 5.74) is 0. The van der Waals surface area contributed by atoms with Gasteiger partial charge in [0.15, 0.2) is 0 Å². The Balaban J connectivity index is 4.62. The lowest BCUT2D eigenvalue weighted by Crippen LogP contribution is -2.20. The Morgan fingerprint density at radius 3 is 2.12 bits per heavy atom. The standard InChI is InChI=1S/C10H19NO5S/c1-3-17(16,4-2)11-7-8(10(14)15)5-6-9(12)13/h8H,3-7H2,1-2H3,(H,12,13)(H,14,15). The van der Waals surface area contributed by atoms with E-state index in [0.717, 1.165) is 0 Å². The third-order valence-electron chi connectivity index (χ3n) is 2.49. The summed E-state index contributed by atoms with van der Waals surface area (Å²) in [6, 6.07) is 0. The van der Waals surface area contributed by atoms with Crippen molar-refractivity contribution < 1.29 is 24.0 Å². The van der Waals surface area contributed by atoms with Crippen LogP contribution in [-0.2, 0) is 19.3 Å². The highest BCUT2D eigenvalue weighted by Crippen LogP contribution is 2.09. The third-order valence-corrected chi connectivity index (χ3v) is 4.91. The van der Waals surface area contributed by atoms with Crippen molar-refractivity contribution in [3.63, 3.8) is 0 Å². The molecule has 7 heteroatoms. The molecule has 0 aliphatic rings. The zero-order valence-electron chi connectivity index (χ0n) is 10.1. The summed E-state index contributed by atoms with van der Waals surface area (Å²) in [5, 5.41) is 17.4. The van der Waals surface area contributed by atoms with E-state index in [1.165, 1.54) is 0 Å². The summed E-state index contributed by atoms with van der Waals surface area (Å²) in [6.45, 7) is 3.40. The molecule has 0 aromatic rings. The van der Waals surface area contributed by atoms with Crippen LogP contribution in [0.3, 0.4) is 0 Å². The Morgan fingerprint density at radius 2 is 1.76 bits per heavy atom. The van der Waals surface area contributed by atoms with Gasteiger partial charge in [-0.15, -0.1) is 0 Å². The van der Waals surface area contributed by atoms with E-state index < -0.39 is 27.6 Å². The second-order valence-corrected chi connectivity index (χ2v) is 6.59. The lowest BCUT2D eigenvalue weighted by molar-refractivity contribution is -0.142. The van der Waals surface area contributed by atoms with Crippen LogP contribution in [0, 0.1) is 5.92 Å². The van der Waals surface area contributed by atoms with E-state index in [-0.39, 0.29) is 19.4 Å². The zero-order valence-corrected chi connectivity index (χ0v) is 10.9. The molecule has 0 saturated heterocycles. The minimum Gasteiger partial charge on any atom is -0.481 e. The van der Waals surface area contributed by atoms with E-state index in [0.29, 0.717) is 11.5 Å². The lowest BCUT2D eigenvalue weighted by atomic mass is 10.0. The highest BCUT2D eigenvalue weighted by atomic mass is 32.2. The number of carboxylic acids is 2. The molecule has 1 atom stereocenters. The van der Waals surface area contributed by atoms with E-state index in [2.05, 4.69) is 4.36 Å². The SMILES string of the molecule is CCS(=O)(CC)=NCC(CCC(=O)O)C(=O)O. The number of hydrogen-bond acceptors (Lipinski definition) is 4. The normalized spacial score (nSPS) is 13.1. The van der Waals surface area contributed by atoms with E-state index >= 15 is 0 Å². The highest BCUT2D eigenvalue weighted by molar-refractivity contribution is 7.93. The summed E-state index contributed by atoms with van der Waals surface area (Å²) < 4.78 is 15.9. The zero-order chi connectivity index (χ0) is 13.5. The summed E-state index contributed by atoms with van der Waals surface area (Å²) in [5.74, 6) is -2.24. The average Bonchev–Trinajstić information content (AvgIpc) is 2.27. The Labute approximate surface area is 101 Å². The van der Waals surface area contributed by atoms with Gasteiger partial charge in [-0.2, -0.15) is 0 Å². The first-order chi connectivity index (χ1) is 7.84. The van der Waals surface area contributed by atoms with Crippen molar-refractivity contribution in [1.29, 1.82) is 0 Å². The molecule has 0 spiro atoms. The second-order valence-electron chi connectivity index (χ2n) is 3.63. The number of carboxylic acid groups (broad SMARTS) is 2. The van der Waals surface area contributed by atoms with Crippen molar-refractivity contribution in [2.24, 2.45) is 10.3 Å². The largest absolute Gasteiger partial charge is 0.481 e. The second kappa shape index (κ2) is 7.26. The molecular weight excluding hydrogens is 246 g/mol. The van der Waals surface area contributed by atoms with Gasteiger partial charge < -0.3 is 10.2 Å². The number of rotatable bonds is 8. The van der Waals surface area contributed by atoms with Gasteiger partial charge in [0.2, 0.25) is 0 Å². The Hall–Kier alpha value is -1.11. The minimum atomic E-state index is -2.32. The van der Waals surface area contributed by atoms with Gasteiger partial charge in [0.25, 0.3) is 0 Å². The highest BCUT2D eigenvalue weighted by Gasteiger charge is 2.19. The molecule has 0 saturated carbocycles. The number of aliphatic carboxylic acids is 2. The quantitative estimate of drug-likeness (QED) is 0.683. The monoisotopic (exact) mass is 265 g/mol. The third kappa shape index (κ3) is 6.25. The molecule has 0 aliphatic heterocycles. The molecule has 0 aromatic heterocycles. The predicted octanol–water partition coefficient (Wildman–Crippen LogP) is 1.06. The maximum atomic E-state index is 11.9. The van der Waals surface area contributed by atoms with Gasteiger partial charge in [0.1, 0.15) is 0 Å². The van der Waals surface area contributed by atoms with Crippen molar-refractivity contribution in [3.8, 4) is 0 Å². The van der Waals surface area contributed by atoms with Crippen LogP contribution < -0.4 is 0 Å². The summed E-state index contributed by atoms with van der Waals surface area (Å²) in [7, 11) is -2.32. The summed E-state index contributed by atoms with van der Waals surface area (Å²) in [4.78, 5) is 21.2. The Bertz CT molecular complexity index is 374. The van der Waals surface area contributed by atoms with Crippen LogP contribution in [-0.4, -0.2) is 44.4 Å². The fourth-order valence-corrected chi connectivity index (χ4v) is 2.43. The van der Waals surface area contributed by atoms with E-state index in [1.807, 2.05) is 0 Å². The molecule has 2 N–H and O–H groups in total. The van der Waals surface area contributed by atoms with Crippen molar-refractivity contribution >= 4 is 21.7 Å². The molecule has 0 aliphatic carbocycles. The van der Waals surface area contributed by atoms with Gasteiger partial charge in [-0.1, -0.05) is 13.8 Å². The van der Waals surface area contributed by atoms with Crippen LogP contribution in [0.4, 0.5) is 0 Å². The molecule has 100 valence electrons. The van der Waals surface area contributed by atoms with Gasteiger partial charge in [0, 0.05) is 27.7 Å². The van der Waals surface area contributed by atoms with E-state index in [4.69, 9.17) is 10.2 Å². The summed E-state index contributed by atoms with van der Waals surface area (Å²) >= 11 is 0.